The molecule has 0 heterocycles. The van der Waals surface area contributed by atoms with Gasteiger partial charge in [0.1, 0.15) is 0 Å². The Labute approximate surface area is 80.0 Å². The number of hydrogen-bond acceptors (Lipinski definition) is 1. The zero-order chi connectivity index (χ0) is 8.81. The van der Waals surface area contributed by atoms with Crippen molar-refractivity contribution < 1.29 is 4.79 Å². The molecule has 1 aromatic carbocycles. The molecule has 1 aromatic rings. The first-order valence-corrected chi connectivity index (χ1v) is 4.07. The predicted molar refractivity (Wildman–Crippen MR) is 55.6 cm³/mol. The maximum Gasteiger partial charge on any atom is 0.220 e. The van der Waals surface area contributed by atoms with Crippen molar-refractivity contribution in [3.63, 3.8) is 0 Å². The van der Waals surface area contributed by atoms with Gasteiger partial charge in [-0.2, -0.15) is 0 Å². The van der Waals surface area contributed by atoms with Crippen LogP contribution >= 0.6 is 0 Å². The lowest BCUT2D eigenvalue weighted by molar-refractivity contribution is -0.120. The predicted octanol–water partition coefficient (Wildman–Crippen LogP) is 2.00. The summed E-state index contributed by atoms with van der Waals surface area (Å²) in [5.41, 5.74) is 1.21. The fourth-order valence-corrected chi connectivity index (χ4v) is 1.03. The van der Waals surface area contributed by atoms with Gasteiger partial charge in [-0.05, 0) is 12.0 Å². The summed E-state index contributed by atoms with van der Waals surface area (Å²) in [6.45, 7) is 0. The first-order valence-electron chi connectivity index (χ1n) is 4.07. The fourth-order valence-electron chi connectivity index (χ4n) is 1.03. The maximum absolute atomic E-state index is 10.9. The van der Waals surface area contributed by atoms with Crippen molar-refractivity contribution in [3.8, 4) is 0 Å². The molecule has 2 heteroatoms. The third-order valence-electron chi connectivity index (χ3n) is 1.76. The quantitative estimate of drug-likeness (QED) is 0.755. The molecule has 0 aromatic heterocycles. The highest BCUT2D eigenvalue weighted by Crippen LogP contribution is 2.01. The highest BCUT2D eigenvalue weighted by atomic mass is 16.1. The van der Waals surface area contributed by atoms with E-state index in [4.69, 9.17) is 0 Å². The summed E-state index contributed by atoms with van der Waals surface area (Å²) >= 11 is 0. The van der Waals surface area contributed by atoms with E-state index in [1.165, 1.54) is 5.56 Å². The van der Waals surface area contributed by atoms with Crippen LogP contribution in [0.5, 0.6) is 0 Å². The van der Waals surface area contributed by atoms with Crippen molar-refractivity contribution in [2.45, 2.75) is 20.3 Å². The van der Waals surface area contributed by atoms with Crippen LogP contribution in [0.3, 0.4) is 0 Å². The van der Waals surface area contributed by atoms with Gasteiger partial charge in [0.2, 0.25) is 5.91 Å². The second-order valence-electron chi connectivity index (χ2n) is 2.66. The molecule has 0 unspecified atom stereocenters. The van der Waals surface area contributed by atoms with Crippen molar-refractivity contribution in [2.24, 2.45) is 0 Å². The number of carbonyl (C=O) groups excluding carboxylic acids is 1. The van der Waals surface area contributed by atoms with E-state index in [1.807, 2.05) is 30.3 Å². The fraction of sp³-hybridized carbons (Fsp3) is 0.364. The molecule has 0 saturated carbocycles. The average Bonchev–Trinajstić information content (AvgIpc) is 2.16. The van der Waals surface area contributed by atoms with Gasteiger partial charge in [0.25, 0.3) is 0 Å². The molecule has 72 valence electrons. The number of nitrogens with one attached hydrogen (secondary N) is 1. The van der Waals surface area contributed by atoms with Gasteiger partial charge in [-0.15, -0.1) is 0 Å². The standard InChI is InChI=1S/C10H13NO.CH4/c1-11-10(12)8-7-9-5-3-2-4-6-9;/h2-6H,7-8H2,1H3,(H,11,12);1H4. The normalized spacial score (nSPS) is 8.69. The van der Waals surface area contributed by atoms with Crippen LogP contribution < -0.4 is 5.32 Å². The van der Waals surface area contributed by atoms with Crippen molar-refractivity contribution >= 4 is 5.91 Å². The molecular weight excluding hydrogens is 162 g/mol. The van der Waals surface area contributed by atoms with E-state index < -0.39 is 0 Å². The van der Waals surface area contributed by atoms with Gasteiger partial charge in [0, 0.05) is 13.5 Å². The van der Waals surface area contributed by atoms with E-state index in [-0.39, 0.29) is 13.3 Å². The Bertz CT molecular complexity index is 244. The van der Waals surface area contributed by atoms with E-state index >= 15 is 0 Å². The molecule has 0 atom stereocenters. The Morgan fingerprint density at radius 2 is 1.92 bits per heavy atom. The van der Waals surface area contributed by atoms with Crippen molar-refractivity contribution in [3.05, 3.63) is 35.9 Å². The zero-order valence-corrected chi connectivity index (χ0v) is 7.21. The van der Waals surface area contributed by atoms with E-state index in [9.17, 15) is 4.79 Å². The van der Waals surface area contributed by atoms with Crippen LogP contribution in [0.15, 0.2) is 30.3 Å². The maximum atomic E-state index is 10.9. The molecule has 1 N–H and O–H groups in total. The topological polar surface area (TPSA) is 29.1 Å². The molecule has 0 bridgehead atoms. The average molecular weight is 179 g/mol. The van der Waals surface area contributed by atoms with Gasteiger partial charge in [-0.25, -0.2) is 0 Å². The molecule has 0 aliphatic rings. The summed E-state index contributed by atoms with van der Waals surface area (Å²) in [7, 11) is 1.66. The lowest BCUT2D eigenvalue weighted by Gasteiger charge is -1.99. The van der Waals surface area contributed by atoms with Crippen LogP contribution in [0.4, 0.5) is 0 Å². The number of hydrogen-bond donors (Lipinski definition) is 1. The minimum Gasteiger partial charge on any atom is -0.359 e. The zero-order valence-electron chi connectivity index (χ0n) is 7.21. The Morgan fingerprint density at radius 1 is 1.31 bits per heavy atom. The molecule has 13 heavy (non-hydrogen) atoms. The van der Waals surface area contributed by atoms with Crippen molar-refractivity contribution in [2.75, 3.05) is 7.05 Å². The lowest BCUT2D eigenvalue weighted by Crippen LogP contribution is -2.17. The van der Waals surface area contributed by atoms with Crippen LogP contribution in [0.25, 0.3) is 0 Å². The highest BCUT2D eigenvalue weighted by molar-refractivity contribution is 5.75. The van der Waals surface area contributed by atoms with E-state index in [1.54, 1.807) is 7.05 Å². The molecule has 1 rings (SSSR count). The largest absolute Gasteiger partial charge is 0.359 e. The van der Waals surface area contributed by atoms with Crippen LogP contribution in [0, 0.1) is 0 Å². The molecule has 1 amide bonds. The molecular formula is C11H17NO. The van der Waals surface area contributed by atoms with Gasteiger partial charge in [-0.3, -0.25) is 4.79 Å². The lowest BCUT2D eigenvalue weighted by atomic mass is 10.1. The number of benzene rings is 1. The second kappa shape index (κ2) is 6.23. The van der Waals surface area contributed by atoms with Gasteiger partial charge in [-0.1, -0.05) is 37.8 Å². The SMILES string of the molecule is C.CNC(=O)CCc1ccccc1. The van der Waals surface area contributed by atoms with Gasteiger partial charge in [0.05, 0.1) is 0 Å². The first-order chi connectivity index (χ1) is 5.83. The van der Waals surface area contributed by atoms with Crippen LogP contribution in [-0.4, -0.2) is 13.0 Å². The monoisotopic (exact) mass is 179 g/mol. The van der Waals surface area contributed by atoms with E-state index in [0.29, 0.717) is 6.42 Å². The molecule has 0 radical (unpaired) electrons. The third-order valence-corrected chi connectivity index (χ3v) is 1.76. The van der Waals surface area contributed by atoms with Crippen molar-refractivity contribution in [1.82, 2.24) is 5.32 Å². The Hall–Kier alpha value is -1.31. The summed E-state index contributed by atoms with van der Waals surface area (Å²) in [5, 5.41) is 2.60. The van der Waals surface area contributed by atoms with Crippen LogP contribution in [-0.2, 0) is 11.2 Å². The third kappa shape index (κ3) is 4.31. The molecule has 0 saturated heterocycles. The Balaban J connectivity index is 0.00000144. The summed E-state index contributed by atoms with van der Waals surface area (Å²) in [5.74, 6) is 0.0962. The molecule has 0 fully saturated rings. The van der Waals surface area contributed by atoms with Crippen LogP contribution in [0.1, 0.15) is 19.4 Å². The van der Waals surface area contributed by atoms with Gasteiger partial charge < -0.3 is 5.32 Å². The highest BCUT2D eigenvalue weighted by Gasteiger charge is 1.97. The summed E-state index contributed by atoms with van der Waals surface area (Å²) < 4.78 is 0. The number of aryl methyl sites for hydroxylation is 1. The Morgan fingerprint density at radius 3 is 2.46 bits per heavy atom. The Kier molecular flexibility index (Phi) is 5.60. The summed E-state index contributed by atoms with van der Waals surface area (Å²) in [4.78, 5) is 10.9. The van der Waals surface area contributed by atoms with E-state index in [2.05, 4.69) is 5.32 Å². The van der Waals surface area contributed by atoms with Gasteiger partial charge in [0.15, 0.2) is 0 Å². The minimum absolute atomic E-state index is 0. The summed E-state index contributed by atoms with van der Waals surface area (Å²) in [6.07, 6.45) is 1.39. The first kappa shape index (κ1) is 11.7. The number of carbonyl (C=O) groups is 1. The molecule has 0 aliphatic carbocycles. The molecule has 0 spiro atoms. The second-order valence-corrected chi connectivity index (χ2v) is 2.66. The van der Waals surface area contributed by atoms with Gasteiger partial charge >= 0.3 is 0 Å². The minimum atomic E-state index is 0. The summed E-state index contributed by atoms with van der Waals surface area (Å²) in [6, 6.07) is 10.0. The number of rotatable bonds is 3. The molecule has 0 aliphatic heterocycles. The van der Waals surface area contributed by atoms with Crippen LogP contribution in [0.2, 0.25) is 0 Å². The van der Waals surface area contributed by atoms with Crippen molar-refractivity contribution in [1.29, 1.82) is 0 Å². The number of amides is 1. The van der Waals surface area contributed by atoms with E-state index in [0.717, 1.165) is 6.42 Å². The molecule has 2 nitrogen and oxygen atoms in total. The smallest absolute Gasteiger partial charge is 0.220 e.